The highest BCUT2D eigenvalue weighted by Crippen LogP contribution is 2.30. The summed E-state index contributed by atoms with van der Waals surface area (Å²) in [6.45, 7) is 5.12. The maximum Gasteiger partial charge on any atom is 0.195 e. The Morgan fingerprint density at radius 1 is 1.45 bits per heavy atom. The van der Waals surface area contributed by atoms with Crippen LogP contribution in [0.25, 0.3) is 4.96 Å². The van der Waals surface area contributed by atoms with Crippen LogP contribution in [0.2, 0.25) is 0 Å². The van der Waals surface area contributed by atoms with Gasteiger partial charge >= 0.3 is 0 Å². The van der Waals surface area contributed by atoms with Crippen molar-refractivity contribution in [3.05, 3.63) is 17.3 Å². The van der Waals surface area contributed by atoms with E-state index in [0.717, 1.165) is 30.3 Å². The van der Waals surface area contributed by atoms with E-state index in [1.165, 1.54) is 5.69 Å². The molecule has 2 unspecified atom stereocenters. The summed E-state index contributed by atoms with van der Waals surface area (Å²) < 4.78 is 2.19. The van der Waals surface area contributed by atoms with Crippen LogP contribution in [-0.2, 0) is 6.42 Å². The molecule has 0 amide bonds. The molecule has 0 radical (unpaired) electrons. The Bertz CT molecular complexity index is 587. The second-order valence-corrected chi connectivity index (χ2v) is 6.76. The SMILES string of the molecule is CC1CN(c2nc3sccn3c2CCN)CC1N(C)C. The average Bonchev–Trinajstić information content (AvgIpc) is 3.05. The van der Waals surface area contributed by atoms with E-state index >= 15 is 0 Å². The van der Waals surface area contributed by atoms with Gasteiger partial charge in [0.15, 0.2) is 10.8 Å². The van der Waals surface area contributed by atoms with Gasteiger partial charge in [0, 0.05) is 37.1 Å². The topological polar surface area (TPSA) is 49.8 Å². The molecule has 5 nitrogen and oxygen atoms in total. The van der Waals surface area contributed by atoms with Gasteiger partial charge in [0.25, 0.3) is 0 Å². The summed E-state index contributed by atoms with van der Waals surface area (Å²) >= 11 is 1.69. The number of aromatic nitrogens is 2. The zero-order valence-corrected chi connectivity index (χ0v) is 13.2. The molecule has 1 fully saturated rings. The van der Waals surface area contributed by atoms with E-state index < -0.39 is 0 Å². The van der Waals surface area contributed by atoms with E-state index in [9.17, 15) is 0 Å². The van der Waals surface area contributed by atoms with Crippen LogP contribution in [0.15, 0.2) is 11.6 Å². The van der Waals surface area contributed by atoms with Crippen molar-refractivity contribution in [1.29, 1.82) is 0 Å². The zero-order valence-electron chi connectivity index (χ0n) is 12.4. The molecular weight excluding hydrogens is 270 g/mol. The second-order valence-electron chi connectivity index (χ2n) is 5.89. The molecule has 2 atom stereocenters. The highest BCUT2D eigenvalue weighted by molar-refractivity contribution is 7.15. The van der Waals surface area contributed by atoms with Crippen molar-refractivity contribution < 1.29 is 0 Å². The number of fused-ring (bicyclic) bond motifs is 1. The highest BCUT2D eigenvalue weighted by Gasteiger charge is 2.33. The first kappa shape index (κ1) is 13.9. The minimum atomic E-state index is 0.598. The lowest BCUT2D eigenvalue weighted by Crippen LogP contribution is -2.34. The molecule has 2 aromatic heterocycles. The standard InChI is InChI=1S/C14H23N5S/c1-10-8-18(9-12(10)17(2)3)13-11(4-5-15)19-6-7-20-14(19)16-13/h6-7,10,12H,4-5,8-9,15H2,1-3H3. The third kappa shape index (κ3) is 2.21. The minimum absolute atomic E-state index is 0.598. The summed E-state index contributed by atoms with van der Waals surface area (Å²) in [6, 6.07) is 0.598. The maximum atomic E-state index is 5.79. The molecule has 20 heavy (non-hydrogen) atoms. The van der Waals surface area contributed by atoms with Crippen molar-refractivity contribution in [2.75, 3.05) is 38.6 Å². The second kappa shape index (κ2) is 5.35. The van der Waals surface area contributed by atoms with Gasteiger partial charge in [-0.25, -0.2) is 4.98 Å². The molecule has 1 saturated heterocycles. The van der Waals surface area contributed by atoms with Gasteiger partial charge in [-0.3, -0.25) is 4.40 Å². The first-order valence-electron chi connectivity index (χ1n) is 7.17. The molecule has 0 bridgehead atoms. The van der Waals surface area contributed by atoms with E-state index in [2.05, 4.69) is 46.8 Å². The van der Waals surface area contributed by atoms with Gasteiger partial charge in [-0.15, -0.1) is 11.3 Å². The van der Waals surface area contributed by atoms with Gasteiger partial charge < -0.3 is 15.5 Å². The number of hydrogen-bond acceptors (Lipinski definition) is 5. The maximum absolute atomic E-state index is 5.79. The highest BCUT2D eigenvalue weighted by atomic mass is 32.1. The number of rotatable bonds is 4. The lowest BCUT2D eigenvalue weighted by molar-refractivity contribution is 0.266. The van der Waals surface area contributed by atoms with Crippen LogP contribution in [0.3, 0.4) is 0 Å². The molecule has 0 spiro atoms. The van der Waals surface area contributed by atoms with Crippen molar-refractivity contribution in [1.82, 2.24) is 14.3 Å². The predicted molar refractivity (Wildman–Crippen MR) is 84.7 cm³/mol. The Labute approximate surface area is 124 Å². The Kier molecular flexibility index (Phi) is 3.70. The van der Waals surface area contributed by atoms with Crippen molar-refractivity contribution in [2.24, 2.45) is 11.7 Å². The quantitative estimate of drug-likeness (QED) is 0.923. The number of anilines is 1. The lowest BCUT2D eigenvalue weighted by Gasteiger charge is -2.22. The molecule has 6 heteroatoms. The largest absolute Gasteiger partial charge is 0.353 e. The van der Waals surface area contributed by atoms with Crippen LogP contribution in [0.5, 0.6) is 0 Å². The number of thiazole rings is 1. The average molecular weight is 293 g/mol. The Morgan fingerprint density at radius 2 is 2.25 bits per heavy atom. The Morgan fingerprint density at radius 3 is 2.90 bits per heavy atom. The molecule has 2 aromatic rings. The van der Waals surface area contributed by atoms with E-state index in [1.807, 2.05) is 0 Å². The van der Waals surface area contributed by atoms with Gasteiger partial charge in [-0.1, -0.05) is 6.92 Å². The van der Waals surface area contributed by atoms with Gasteiger partial charge in [0.05, 0.1) is 5.69 Å². The zero-order chi connectivity index (χ0) is 14.3. The van der Waals surface area contributed by atoms with Crippen LogP contribution in [-0.4, -0.2) is 54.1 Å². The molecule has 3 rings (SSSR count). The minimum Gasteiger partial charge on any atom is -0.353 e. The summed E-state index contributed by atoms with van der Waals surface area (Å²) in [6.07, 6.45) is 2.98. The molecule has 0 aliphatic carbocycles. The number of nitrogens with two attached hydrogens (primary N) is 1. The fraction of sp³-hybridized carbons (Fsp3) is 0.643. The number of hydrogen-bond donors (Lipinski definition) is 1. The van der Waals surface area contributed by atoms with E-state index in [4.69, 9.17) is 10.7 Å². The monoisotopic (exact) mass is 293 g/mol. The smallest absolute Gasteiger partial charge is 0.195 e. The molecular formula is C14H23N5S. The molecule has 3 heterocycles. The Hall–Kier alpha value is -1.11. The fourth-order valence-electron chi connectivity index (χ4n) is 3.24. The summed E-state index contributed by atoms with van der Waals surface area (Å²) in [5.74, 6) is 1.80. The summed E-state index contributed by atoms with van der Waals surface area (Å²) in [4.78, 5) is 10.7. The third-order valence-electron chi connectivity index (χ3n) is 4.26. The van der Waals surface area contributed by atoms with Crippen LogP contribution in [0, 0.1) is 5.92 Å². The van der Waals surface area contributed by atoms with Crippen molar-refractivity contribution in [2.45, 2.75) is 19.4 Å². The number of likely N-dealkylation sites (N-methyl/N-ethyl adjacent to an activating group) is 1. The Balaban J connectivity index is 1.94. The van der Waals surface area contributed by atoms with Gasteiger partial charge in [0.1, 0.15) is 0 Å². The first-order chi connectivity index (χ1) is 9.61. The van der Waals surface area contributed by atoms with E-state index in [0.29, 0.717) is 18.5 Å². The van der Waals surface area contributed by atoms with Crippen LogP contribution >= 0.6 is 11.3 Å². The molecule has 110 valence electrons. The fourth-order valence-corrected chi connectivity index (χ4v) is 3.97. The number of nitrogens with zero attached hydrogens (tertiary/aromatic N) is 4. The predicted octanol–water partition coefficient (Wildman–Crippen LogP) is 1.28. The van der Waals surface area contributed by atoms with Crippen molar-refractivity contribution in [3.63, 3.8) is 0 Å². The van der Waals surface area contributed by atoms with Crippen molar-refractivity contribution >= 4 is 22.1 Å². The molecule has 2 N–H and O–H groups in total. The van der Waals surface area contributed by atoms with Gasteiger partial charge in [0.2, 0.25) is 0 Å². The summed E-state index contributed by atoms with van der Waals surface area (Å²) in [5.41, 5.74) is 7.05. The summed E-state index contributed by atoms with van der Waals surface area (Å²) in [7, 11) is 4.33. The van der Waals surface area contributed by atoms with Crippen LogP contribution in [0.1, 0.15) is 12.6 Å². The van der Waals surface area contributed by atoms with Gasteiger partial charge in [-0.2, -0.15) is 0 Å². The normalized spacial score (nSPS) is 23.4. The summed E-state index contributed by atoms with van der Waals surface area (Å²) in [5, 5.41) is 2.08. The molecule has 1 aliphatic heterocycles. The van der Waals surface area contributed by atoms with Gasteiger partial charge in [-0.05, 0) is 26.6 Å². The number of imidazole rings is 1. The molecule has 1 aliphatic rings. The first-order valence-corrected chi connectivity index (χ1v) is 8.05. The van der Waals surface area contributed by atoms with Crippen LogP contribution < -0.4 is 10.6 Å². The van der Waals surface area contributed by atoms with E-state index in [1.54, 1.807) is 11.3 Å². The molecule has 0 aromatic carbocycles. The molecule has 0 saturated carbocycles. The van der Waals surface area contributed by atoms with Crippen LogP contribution in [0.4, 0.5) is 5.82 Å². The van der Waals surface area contributed by atoms with E-state index in [-0.39, 0.29) is 0 Å². The van der Waals surface area contributed by atoms with Crippen molar-refractivity contribution in [3.8, 4) is 0 Å². The third-order valence-corrected chi connectivity index (χ3v) is 5.01. The lowest BCUT2D eigenvalue weighted by atomic mass is 10.1.